The van der Waals surface area contributed by atoms with Crippen LogP contribution in [0, 0.1) is 0 Å². The van der Waals surface area contributed by atoms with E-state index in [1.54, 1.807) is 0 Å². The summed E-state index contributed by atoms with van der Waals surface area (Å²) in [6.07, 6.45) is 0.499. The molecule has 0 aromatic heterocycles. The molecule has 1 aliphatic heterocycles. The van der Waals surface area contributed by atoms with Crippen LogP contribution in [0.3, 0.4) is 0 Å². The lowest BCUT2D eigenvalue weighted by Gasteiger charge is -2.40. The quantitative estimate of drug-likeness (QED) is 0.888. The second kappa shape index (κ2) is 6.32. The van der Waals surface area contributed by atoms with E-state index in [0.717, 1.165) is 26.2 Å². The Morgan fingerprint density at radius 1 is 1.33 bits per heavy atom. The maximum absolute atomic E-state index is 9.59. The number of nitrogens with zero attached hydrogens (tertiary/aromatic N) is 1. The lowest BCUT2D eigenvalue weighted by molar-refractivity contribution is -0.0410. The van der Waals surface area contributed by atoms with Gasteiger partial charge in [0.25, 0.3) is 0 Å². The summed E-state index contributed by atoms with van der Waals surface area (Å²) in [5, 5.41) is 9.59. The van der Waals surface area contributed by atoms with Gasteiger partial charge in [-0.15, -0.1) is 0 Å². The van der Waals surface area contributed by atoms with E-state index in [9.17, 15) is 5.11 Å². The van der Waals surface area contributed by atoms with Crippen LogP contribution >= 0.6 is 0 Å². The summed E-state index contributed by atoms with van der Waals surface area (Å²) in [5.41, 5.74) is 1.33. The van der Waals surface area contributed by atoms with Crippen LogP contribution in [-0.2, 0) is 4.74 Å². The third-order valence-corrected chi connectivity index (χ3v) is 3.67. The molecule has 100 valence electrons. The zero-order chi connectivity index (χ0) is 13.0. The maximum atomic E-state index is 9.59. The highest BCUT2D eigenvalue weighted by molar-refractivity contribution is 5.18. The second-order valence-corrected chi connectivity index (χ2v) is 5.14. The highest BCUT2D eigenvalue weighted by Gasteiger charge is 2.28. The topological polar surface area (TPSA) is 32.7 Å². The van der Waals surface area contributed by atoms with E-state index in [2.05, 4.69) is 36.1 Å². The zero-order valence-electron chi connectivity index (χ0n) is 11.2. The Morgan fingerprint density at radius 3 is 2.72 bits per heavy atom. The lowest BCUT2D eigenvalue weighted by Crippen LogP contribution is -2.47. The van der Waals surface area contributed by atoms with Crippen LogP contribution in [0.15, 0.2) is 30.3 Å². The molecule has 18 heavy (non-hydrogen) atoms. The molecule has 1 aromatic carbocycles. The molecule has 1 unspecified atom stereocenters. The first-order valence-electron chi connectivity index (χ1n) is 6.75. The number of hydrogen-bond donors (Lipinski definition) is 1. The molecule has 1 heterocycles. The first-order chi connectivity index (χ1) is 8.68. The van der Waals surface area contributed by atoms with Crippen LogP contribution in [-0.4, -0.2) is 41.9 Å². The smallest absolute Gasteiger partial charge is 0.0623 e. The second-order valence-electron chi connectivity index (χ2n) is 5.14. The molecule has 1 saturated heterocycles. The fourth-order valence-corrected chi connectivity index (χ4v) is 2.70. The summed E-state index contributed by atoms with van der Waals surface area (Å²) in [7, 11) is 0. The Kier molecular flexibility index (Phi) is 4.75. The van der Waals surface area contributed by atoms with Gasteiger partial charge in [-0.2, -0.15) is 0 Å². The van der Waals surface area contributed by atoms with Gasteiger partial charge in [-0.05, 0) is 25.8 Å². The van der Waals surface area contributed by atoms with Crippen molar-refractivity contribution < 1.29 is 9.84 Å². The van der Waals surface area contributed by atoms with Gasteiger partial charge in [-0.3, -0.25) is 4.90 Å². The van der Waals surface area contributed by atoms with E-state index >= 15 is 0 Å². The van der Waals surface area contributed by atoms with Crippen molar-refractivity contribution in [3.05, 3.63) is 35.9 Å². The largest absolute Gasteiger partial charge is 0.393 e. The van der Waals surface area contributed by atoms with Crippen LogP contribution in [0.25, 0.3) is 0 Å². The van der Waals surface area contributed by atoms with Crippen molar-refractivity contribution in [1.82, 2.24) is 4.90 Å². The van der Waals surface area contributed by atoms with E-state index in [4.69, 9.17) is 4.74 Å². The lowest BCUT2D eigenvalue weighted by atomic mass is 10.0. The maximum Gasteiger partial charge on any atom is 0.0623 e. The van der Waals surface area contributed by atoms with E-state index < -0.39 is 0 Å². The molecule has 1 N–H and O–H groups in total. The van der Waals surface area contributed by atoms with Crippen molar-refractivity contribution in [3.8, 4) is 0 Å². The Balaban J connectivity index is 2.08. The van der Waals surface area contributed by atoms with Crippen LogP contribution in [0.1, 0.15) is 31.9 Å². The molecule has 0 amide bonds. The molecule has 0 aliphatic carbocycles. The summed E-state index contributed by atoms with van der Waals surface area (Å²) in [6.45, 7) is 6.53. The van der Waals surface area contributed by atoms with Gasteiger partial charge in [0.2, 0.25) is 0 Å². The number of aliphatic hydroxyl groups excluding tert-OH is 1. The molecule has 0 radical (unpaired) electrons. The number of hydrogen-bond acceptors (Lipinski definition) is 3. The Hall–Kier alpha value is -0.900. The van der Waals surface area contributed by atoms with Gasteiger partial charge in [0.1, 0.15) is 0 Å². The van der Waals surface area contributed by atoms with Crippen molar-refractivity contribution in [3.63, 3.8) is 0 Å². The molecule has 3 atom stereocenters. The number of morpholine rings is 1. The van der Waals surface area contributed by atoms with Gasteiger partial charge in [0.05, 0.1) is 19.3 Å². The van der Waals surface area contributed by atoms with E-state index in [0.29, 0.717) is 12.1 Å². The molecular weight excluding hydrogens is 226 g/mol. The normalized spacial score (nSPS) is 24.7. The molecule has 0 spiro atoms. The predicted octanol–water partition coefficient (Wildman–Crippen LogP) is 2.22. The molecular formula is C15H23NO2. The summed E-state index contributed by atoms with van der Waals surface area (Å²) >= 11 is 0. The van der Waals surface area contributed by atoms with Gasteiger partial charge in [0.15, 0.2) is 0 Å². The van der Waals surface area contributed by atoms with Gasteiger partial charge in [0, 0.05) is 18.6 Å². The first-order valence-corrected chi connectivity index (χ1v) is 6.75. The van der Waals surface area contributed by atoms with Gasteiger partial charge in [-0.25, -0.2) is 0 Å². The third kappa shape index (κ3) is 3.31. The van der Waals surface area contributed by atoms with Gasteiger partial charge < -0.3 is 9.84 Å². The molecule has 3 heteroatoms. The Labute approximate surface area is 109 Å². The Bertz CT molecular complexity index is 353. The highest BCUT2D eigenvalue weighted by atomic mass is 16.5. The van der Waals surface area contributed by atoms with E-state index in [1.165, 1.54) is 5.56 Å². The van der Waals surface area contributed by atoms with Crippen molar-refractivity contribution in [2.45, 2.75) is 38.5 Å². The molecule has 0 saturated carbocycles. The van der Waals surface area contributed by atoms with E-state index in [1.807, 2.05) is 13.0 Å². The van der Waals surface area contributed by atoms with Crippen LogP contribution in [0.4, 0.5) is 0 Å². The monoisotopic (exact) mass is 249 g/mol. The molecule has 3 nitrogen and oxygen atoms in total. The molecule has 2 rings (SSSR count). The summed E-state index contributed by atoms with van der Waals surface area (Å²) in [6, 6.07) is 11.2. The number of aliphatic hydroxyl groups is 1. The van der Waals surface area contributed by atoms with Gasteiger partial charge >= 0.3 is 0 Å². The SMILES string of the molecule is C[C@H](O)CC1COCCN1[C@@H](C)c1ccccc1. The molecule has 1 fully saturated rings. The summed E-state index contributed by atoms with van der Waals surface area (Å²) in [4.78, 5) is 2.45. The average Bonchev–Trinajstić information content (AvgIpc) is 2.39. The van der Waals surface area contributed by atoms with E-state index in [-0.39, 0.29) is 6.10 Å². The van der Waals surface area contributed by atoms with Crippen molar-refractivity contribution in [2.75, 3.05) is 19.8 Å². The number of benzene rings is 1. The van der Waals surface area contributed by atoms with Crippen LogP contribution in [0.5, 0.6) is 0 Å². The molecule has 1 aliphatic rings. The minimum Gasteiger partial charge on any atom is -0.393 e. The first kappa shape index (κ1) is 13.5. The minimum absolute atomic E-state index is 0.276. The standard InChI is InChI=1S/C15H23NO2/c1-12(17)10-15-11-18-9-8-16(15)13(2)14-6-4-3-5-7-14/h3-7,12-13,15,17H,8-11H2,1-2H3/t12-,13-,15?/m0/s1. The van der Waals surface area contributed by atoms with Crippen molar-refractivity contribution in [2.24, 2.45) is 0 Å². The Morgan fingerprint density at radius 2 is 2.06 bits per heavy atom. The zero-order valence-corrected chi connectivity index (χ0v) is 11.2. The molecule has 0 bridgehead atoms. The molecule has 1 aromatic rings. The highest BCUT2D eigenvalue weighted by Crippen LogP contribution is 2.26. The number of ether oxygens (including phenoxy) is 1. The third-order valence-electron chi connectivity index (χ3n) is 3.67. The average molecular weight is 249 g/mol. The fourth-order valence-electron chi connectivity index (χ4n) is 2.70. The summed E-state index contributed by atoms with van der Waals surface area (Å²) in [5.74, 6) is 0. The minimum atomic E-state index is -0.276. The van der Waals surface area contributed by atoms with Crippen molar-refractivity contribution in [1.29, 1.82) is 0 Å². The van der Waals surface area contributed by atoms with Crippen LogP contribution in [0.2, 0.25) is 0 Å². The van der Waals surface area contributed by atoms with Gasteiger partial charge in [-0.1, -0.05) is 30.3 Å². The van der Waals surface area contributed by atoms with Crippen LogP contribution < -0.4 is 0 Å². The predicted molar refractivity (Wildman–Crippen MR) is 72.5 cm³/mol. The van der Waals surface area contributed by atoms with Crippen molar-refractivity contribution >= 4 is 0 Å². The summed E-state index contributed by atoms with van der Waals surface area (Å²) < 4.78 is 5.55. The number of rotatable bonds is 4. The fraction of sp³-hybridized carbons (Fsp3) is 0.600.